The van der Waals surface area contributed by atoms with Gasteiger partial charge in [-0.25, -0.2) is 4.79 Å². The third-order valence-corrected chi connectivity index (χ3v) is 5.22. The molecule has 2 amide bonds. The number of rotatable bonds is 7. The summed E-state index contributed by atoms with van der Waals surface area (Å²) >= 11 is 3.35. The maximum Gasteiger partial charge on any atom is 0.337 e. The van der Waals surface area contributed by atoms with E-state index in [0.717, 1.165) is 5.56 Å². The summed E-state index contributed by atoms with van der Waals surface area (Å²) in [4.78, 5) is 37.3. The van der Waals surface area contributed by atoms with Crippen LogP contribution in [0.25, 0.3) is 6.08 Å². The number of carbonyl (C=O) groups excluding carboxylic acids is 3. The highest BCUT2D eigenvalue weighted by Gasteiger charge is 2.16. The smallest absolute Gasteiger partial charge is 0.337 e. The Morgan fingerprint density at radius 1 is 0.879 bits per heavy atom. The SMILES string of the molecule is COC(=O)c1ccc(NC(=O)/C(=C\C=C\c2ccccc2)NC(=O)c2ccccc2Br)cc1. The largest absolute Gasteiger partial charge is 0.465 e. The molecule has 0 saturated carbocycles. The van der Waals surface area contributed by atoms with Crippen LogP contribution in [0.5, 0.6) is 0 Å². The standard InChI is InChI=1S/C26H21BrN2O4/c1-33-26(32)19-14-16-20(17-15-19)28-25(31)23(13-7-10-18-8-3-2-4-9-18)29-24(30)21-11-5-6-12-22(21)27/h2-17H,1H3,(H,28,31)(H,29,30)/b10-7+,23-13+. The van der Waals surface area contributed by atoms with Crippen molar-refractivity contribution in [1.29, 1.82) is 0 Å². The van der Waals surface area contributed by atoms with Gasteiger partial charge in [-0.1, -0.05) is 54.6 Å². The molecule has 2 N–H and O–H groups in total. The second-order valence-corrected chi connectivity index (χ2v) is 7.66. The first kappa shape index (κ1) is 23.7. The van der Waals surface area contributed by atoms with Crippen LogP contribution in [0.3, 0.4) is 0 Å². The highest BCUT2D eigenvalue weighted by molar-refractivity contribution is 9.10. The van der Waals surface area contributed by atoms with Crippen molar-refractivity contribution >= 4 is 45.5 Å². The lowest BCUT2D eigenvalue weighted by Crippen LogP contribution is -2.31. The number of benzene rings is 3. The van der Waals surface area contributed by atoms with E-state index in [4.69, 9.17) is 0 Å². The van der Waals surface area contributed by atoms with Crippen molar-refractivity contribution in [2.24, 2.45) is 0 Å². The average molecular weight is 505 g/mol. The lowest BCUT2D eigenvalue weighted by molar-refractivity contribution is -0.113. The maximum atomic E-state index is 13.0. The van der Waals surface area contributed by atoms with Crippen LogP contribution in [-0.4, -0.2) is 24.9 Å². The molecule has 0 unspecified atom stereocenters. The molecule has 6 nitrogen and oxygen atoms in total. The third kappa shape index (κ3) is 6.75. The first-order chi connectivity index (χ1) is 16.0. The predicted molar refractivity (Wildman–Crippen MR) is 132 cm³/mol. The van der Waals surface area contributed by atoms with Gasteiger partial charge in [-0.05, 0) is 64.0 Å². The monoisotopic (exact) mass is 504 g/mol. The number of carbonyl (C=O) groups is 3. The van der Waals surface area contributed by atoms with Crippen molar-refractivity contribution in [3.63, 3.8) is 0 Å². The molecule has 7 heteroatoms. The van der Waals surface area contributed by atoms with Gasteiger partial charge in [0, 0.05) is 10.2 Å². The second-order valence-electron chi connectivity index (χ2n) is 6.81. The van der Waals surface area contributed by atoms with Gasteiger partial charge in [-0.2, -0.15) is 0 Å². The van der Waals surface area contributed by atoms with Crippen molar-refractivity contribution in [3.05, 3.63) is 118 Å². The fourth-order valence-corrected chi connectivity index (χ4v) is 3.30. The van der Waals surface area contributed by atoms with E-state index in [9.17, 15) is 14.4 Å². The summed E-state index contributed by atoms with van der Waals surface area (Å²) in [5.41, 5.74) is 2.22. The van der Waals surface area contributed by atoms with Gasteiger partial charge in [0.1, 0.15) is 5.70 Å². The number of anilines is 1. The van der Waals surface area contributed by atoms with E-state index in [1.165, 1.54) is 13.2 Å². The lowest BCUT2D eigenvalue weighted by Gasteiger charge is -2.11. The van der Waals surface area contributed by atoms with E-state index < -0.39 is 17.8 Å². The van der Waals surface area contributed by atoms with E-state index in [-0.39, 0.29) is 5.70 Å². The summed E-state index contributed by atoms with van der Waals surface area (Å²) in [6, 6.07) is 22.7. The Labute approximate surface area is 200 Å². The summed E-state index contributed by atoms with van der Waals surface area (Å²) < 4.78 is 5.29. The second kappa shape index (κ2) is 11.6. The van der Waals surface area contributed by atoms with E-state index in [0.29, 0.717) is 21.3 Å². The zero-order valence-corrected chi connectivity index (χ0v) is 19.3. The van der Waals surface area contributed by atoms with Gasteiger partial charge in [0.15, 0.2) is 0 Å². The van der Waals surface area contributed by atoms with Crippen LogP contribution >= 0.6 is 15.9 Å². The van der Waals surface area contributed by atoms with Crippen LogP contribution in [0.2, 0.25) is 0 Å². The number of halogens is 1. The highest BCUT2D eigenvalue weighted by atomic mass is 79.9. The quantitative estimate of drug-likeness (QED) is 0.263. The molecule has 33 heavy (non-hydrogen) atoms. The molecule has 0 atom stereocenters. The highest BCUT2D eigenvalue weighted by Crippen LogP contribution is 2.17. The topological polar surface area (TPSA) is 84.5 Å². The zero-order valence-electron chi connectivity index (χ0n) is 17.7. The Kier molecular flexibility index (Phi) is 8.32. The molecular formula is C26H21BrN2O4. The number of nitrogens with one attached hydrogen (secondary N) is 2. The molecule has 0 fully saturated rings. The summed E-state index contributed by atoms with van der Waals surface area (Å²) in [7, 11) is 1.30. The molecule has 0 aromatic heterocycles. The lowest BCUT2D eigenvalue weighted by atomic mass is 10.2. The Balaban J connectivity index is 1.82. The van der Waals surface area contributed by atoms with Gasteiger partial charge < -0.3 is 15.4 Å². The van der Waals surface area contributed by atoms with E-state index in [2.05, 4.69) is 31.3 Å². The van der Waals surface area contributed by atoms with Gasteiger partial charge in [0.05, 0.1) is 18.2 Å². The molecule has 0 heterocycles. The van der Waals surface area contributed by atoms with Crippen molar-refractivity contribution < 1.29 is 19.1 Å². The predicted octanol–water partition coefficient (Wildman–Crippen LogP) is 5.20. The summed E-state index contributed by atoms with van der Waals surface area (Å²) in [5, 5.41) is 5.40. The number of methoxy groups -OCH3 is 1. The van der Waals surface area contributed by atoms with Crippen molar-refractivity contribution in [1.82, 2.24) is 5.32 Å². The Morgan fingerprint density at radius 3 is 2.21 bits per heavy atom. The van der Waals surface area contributed by atoms with E-state index >= 15 is 0 Å². The van der Waals surface area contributed by atoms with E-state index in [1.54, 1.807) is 54.6 Å². The first-order valence-electron chi connectivity index (χ1n) is 9.97. The normalized spacial score (nSPS) is 11.2. The molecule has 0 bridgehead atoms. The molecule has 0 aliphatic heterocycles. The van der Waals surface area contributed by atoms with Gasteiger partial charge in [-0.15, -0.1) is 0 Å². The van der Waals surface area contributed by atoms with Crippen LogP contribution in [-0.2, 0) is 9.53 Å². The minimum atomic E-state index is -0.515. The average Bonchev–Trinajstić information content (AvgIpc) is 2.84. The van der Waals surface area contributed by atoms with Crippen LogP contribution in [0, 0.1) is 0 Å². The minimum absolute atomic E-state index is 0.0555. The fourth-order valence-electron chi connectivity index (χ4n) is 2.83. The molecular weight excluding hydrogens is 484 g/mol. The Morgan fingerprint density at radius 2 is 1.55 bits per heavy atom. The van der Waals surface area contributed by atoms with Crippen molar-refractivity contribution in [2.75, 3.05) is 12.4 Å². The van der Waals surface area contributed by atoms with Crippen LogP contribution in [0.4, 0.5) is 5.69 Å². The number of esters is 1. The molecule has 0 radical (unpaired) electrons. The number of hydrogen-bond donors (Lipinski definition) is 2. The maximum absolute atomic E-state index is 13.0. The van der Waals surface area contributed by atoms with Crippen LogP contribution in [0.15, 0.2) is 101 Å². The van der Waals surface area contributed by atoms with Crippen LogP contribution < -0.4 is 10.6 Å². The molecule has 0 spiro atoms. The molecule has 0 aliphatic rings. The molecule has 3 rings (SSSR count). The van der Waals surface area contributed by atoms with E-state index in [1.807, 2.05) is 36.4 Å². The number of amides is 2. The number of allylic oxidation sites excluding steroid dienone is 2. The third-order valence-electron chi connectivity index (χ3n) is 4.53. The first-order valence-corrected chi connectivity index (χ1v) is 10.8. The summed E-state index contributed by atoms with van der Waals surface area (Å²) in [6.45, 7) is 0. The molecule has 0 saturated heterocycles. The van der Waals surface area contributed by atoms with Gasteiger partial charge >= 0.3 is 5.97 Å². The number of ether oxygens (including phenoxy) is 1. The summed E-state index contributed by atoms with van der Waals surface area (Å²) in [6.07, 6.45) is 5.04. The molecule has 3 aromatic rings. The summed E-state index contributed by atoms with van der Waals surface area (Å²) in [5.74, 6) is -1.42. The molecule has 0 aliphatic carbocycles. The van der Waals surface area contributed by atoms with Gasteiger partial charge in [0.2, 0.25) is 0 Å². The van der Waals surface area contributed by atoms with Gasteiger partial charge in [-0.3, -0.25) is 9.59 Å². The van der Waals surface area contributed by atoms with Gasteiger partial charge in [0.25, 0.3) is 11.8 Å². The molecule has 166 valence electrons. The Hall–Kier alpha value is -3.97. The van der Waals surface area contributed by atoms with Crippen molar-refractivity contribution in [2.45, 2.75) is 0 Å². The fraction of sp³-hybridized carbons (Fsp3) is 0.0385. The zero-order chi connectivity index (χ0) is 23.6. The van der Waals surface area contributed by atoms with Crippen LogP contribution in [0.1, 0.15) is 26.3 Å². The molecule has 3 aromatic carbocycles. The number of hydrogen-bond acceptors (Lipinski definition) is 4. The minimum Gasteiger partial charge on any atom is -0.465 e. The van der Waals surface area contributed by atoms with Crippen molar-refractivity contribution in [3.8, 4) is 0 Å². The Bertz CT molecular complexity index is 1200.